The van der Waals surface area contributed by atoms with E-state index in [2.05, 4.69) is 10.5 Å². The molecular weight excluding hydrogens is 498 g/mol. The van der Waals surface area contributed by atoms with Crippen LogP contribution in [0.15, 0.2) is 41.5 Å². The van der Waals surface area contributed by atoms with Crippen LogP contribution < -0.4 is 5.43 Å². The van der Waals surface area contributed by atoms with Crippen molar-refractivity contribution in [3.63, 3.8) is 0 Å². The largest absolute Gasteiger partial charge is 0.507 e. The van der Waals surface area contributed by atoms with E-state index in [9.17, 15) is 15.0 Å². The quantitative estimate of drug-likeness (QED) is 0.339. The first-order chi connectivity index (χ1) is 9.99. The lowest BCUT2D eigenvalue weighted by atomic mass is 10.2. The normalized spacial score (nSPS) is 10.8. The van der Waals surface area contributed by atoms with Gasteiger partial charge in [-0.15, -0.1) is 0 Å². The maximum atomic E-state index is 11.8. The van der Waals surface area contributed by atoms with Crippen LogP contribution in [-0.4, -0.2) is 22.3 Å². The second kappa shape index (κ2) is 7.07. The number of halogens is 2. The second-order valence-electron chi connectivity index (χ2n) is 4.05. The van der Waals surface area contributed by atoms with Crippen LogP contribution in [0.5, 0.6) is 11.5 Å². The van der Waals surface area contributed by atoms with Crippen molar-refractivity contribution >= 4 is 57.3 Å². The van der Waals surface area contributed by atoms with E-state index in [1.165, 1.54) is 18.3 Å². The number of carbonyl (C=O) groups excluding carboxylic acids is 1. The van der Waals surface area contributed by atoms with Crippen molar-refractivity contribution in [2.24, 2.45) is 5.10 Å². The smallest absolute Gasteiger partial charge is 0.275 e. The summed E-state index contributed by atoms with van der Waals surface area (Å²) in [6.45, 7) is 0. The molecular formula is C14H10I2N2O3. The van der Waals surface area contributed by atoms with E-state index in [4.69, 9.17) is 0 Å². The van der Waals surface area contributed by atoms with Gasteiger partial charge in [0.05, 0.1) is 18.9 Å². The molecule has 0 heterocycles. The number of nitrogens with zero attached hydrogens (tertiary/aromatic N) is 1. The first-order valence-corrected chi connectivity index (χ1v) is 7.94. The Bertz CT molecular complexity index is 694. The predicted octanol–water partition coefficient (Wildman–Crippen LogP) is 3.07. The summed E-state index contributed by atoms with van der Waals surface area (Å²) in [5.41, 5.74) is 3.25. The number of hydrazone groups is 1. The summed E-state index contributed by atoms with van der Waals surface area (Å²) in [5.74, 6) is -0.363. The van der Waals surface area contributed by atoms with Crippen molar-refractivity contribution in [3.8, 4) is 11.5 Å². The minimum Gasteiger partial charge on any atom is -0.507 e. The average Bonchev–Trinajstić information content (AvgIpc) is 2.45. The third-order valence-electron chi connectivity index (χ3n) is 2.57. The molecule has 21 heavy (non-hydrogen) atoms. The van der Waals surface area contributed by atoms with Gasteiger partial charge in [0, 0.05) is 0 Å². The van der Waals surface area contributed by atoms with Crippen molar-refractivity contribution < 1.29 is 15.0 Å². The molecule has 0 radical (unpaired) electrons. The predicted molar refractivity (Wildman–Crippen MR) is 96.7 cm³/mol. The fourth-order valence-electron chi connectivity index (χ4n) is 1.55. The zero-order valence-corrected chi connectivity index (χ0v) is 14.9. The van der Waals surface area contributed by atoms with E-state index in [0.717, 1.165) is 5.56 Å². The Hall–Kier alpha value is -1.36. The molecule has 7 heteroatoms. The molecule has 0 aromatic heterocycles. The fourth-order valence-corrected chi connectivity index (χ4v) is 3.37. The van der Waals surface area contributed by atoms with Crippen LogP contribution in [0.25, 0.3) is 0 Å². The lowest BCUT2D eigenvalue weighted by molar-refractivity contribution is 0.0952. The van der Waals surface area contributed by atoms with E-state index in [1.54, 1.807) is 24.3 Å². The summed E-state index contributed by atoms with van der Waals surface area (Å²) in [6.07, 6.45) is 1.47. The molecule has 2 rings (SSSR count). The van der Waals surface area contributed by atoms with E-state index in [-0.39, 0.29) is 17.1 Å². The Kier molecular flexibility index (Phi) is 5.39. The van der Waals surface area contributed by atoms with Crippen molar-refractivity contribution in [3.05, 3.63) is 54.7 Å². The molecule has 0 spiro atoms. The number of hydrogen-bond donors (Lipinski definition) is 3. The van der Waals surface area contributed by atoms with Gasteiger partial charge in [-0.2, -0.15) is 5.10 Å². The molecule has 0 fully saturated rings. The number of nitrogens with one attached hydrogen (secondary N) is 1. The highest BCUT2D eigenvalue weighted by Gasteiger charge is 2.09. The van der Waals surface area contributed by atoms with Gasteiger partial charge in [0.2, 0.25) is 0 Å². The Morgan fingerprint density at radius 1 is 1.14 bits per heavy atom. The van der Waals surface area contributed by atoms with Crippen LogP contribution in [0.3, 0.4) is 0 Å². The van der Waals surface area contributed by atoms with Crippen LogP contribution >= 0.6 is 45.2 Å². The highest BCUT2D eigenvalue weighted by molar-refractivity contribution is 14.1. The van der Waals surface area contributed by atoms with Crippen LogP contribution in [0.1, 0.15) is 15.9 Å². The Morgan fingerprint density at radius 3 is 2.38 bits per heavy atom. The summed E-state index contributed by atoms with van der Waals surface area (Å²) in [6, 6.07) is 9.72. The Labute approximate surface area is 148 Å². The van der Waals surface area contributed by atoms with E-state index < -0.39 is 5.91 Å². The molecule has 5 nitrogen and oxygen atoms in total. The third kappa shape index (κ3) is 4.06. The first kappa shape index (κ1) is 16.0. The van der Waals surface area contributed by atoms with Gasteiger partial charge < -0.3 is 10.2 Å². The summed E-state index contributed by atoms with van der Waals surface area (Å²) in [4.78, 5) is 11.8. The molecule has 0 bridgehead atoms. The molecule has 0 aliphatic carbocycles. The van der Waals surface area contributed by atoms with Crippen LogP contribution in [0.2, 0.25) is 0 Å². The summed E-state index contributed by atoms with van der Waals surface area (Å²) in [7, 11) is 0. The van der Waals surface area contributed by atoms with Gasteiger partial charge in [0.15, 0.2) is 0 Å². The van der Waals surface area contributed by atoms with E-state index >= 15 is 0 Å². The molecule has 0 atom stereocenters. The SMILES string of the molecule is O=C(N/N=C/c1cc(I)c(O)c(I)c1)c1ccccc1O. The van der Waals surface area contributed by atoms with Gasteiger partial charge in [-0.05, 0) is 75.0 Å². The zero-order valence-electron chi connectivity index (χ0n) is 10.5. The lowest BCUT2D eigenvalue weighted by Crippen LogP contribution is -2.17. The van der Waals surface area contributed by atoms with Gasteiger partial charge in [0.25, 0.3) is 5.91 Å². The highest BCUT2D eigenvalue weighted by Crippen LogP contribution is 2.26. The maximum Gasteiger partial charge on any atom is 0.275 e. The van der Waals surface area contributed by atoms with Gasteiger partial charge in [-0.3, -0.25) is 4.79 Å². The molecule has 0 aliphatic heterocycles. The standard InChI is InChI=1S/C14H10I2N2O3/c15-10-5-8(6-11(16)13(10)20)7-17-18-14(21)9-3-1-2-4-12(9)19/h1-7,19-20H,(H,18,21)/b17-7+. The topological polar surface area (TPSA) is 81.9 Å². The molecule has 2 aromatic rings. The number of aromatic hydroxyl groups is 2. The van der Waals surface area contributed by atoms with Crippen molar-refractivity contribution in [1.29, 1.82) is 0 Å². The number of phenols is 2. The van der Waals surface area contributed by atoms with Crippen molar-refractivity contribution in [2.75, 3.05) is 0 Å². The highest BCUT2D eigenvalue weighted by atomic mass is 127. The molecule has 0 saturated heterocycles. The number of benzene rings is 2. The monoisotopic (exact) mass is 508 g/mol. The lowest BCUT2D eigenvalue weighted by Gasteiger charge is -2.03. The van der Waals surface area contributed by atoms with Gasteiger partial charge in [0.1, 0.15) is 11.5 Å². The summed E-state index contributed by atoms with van der Waals surface area (Å²) in [5, 5.41) is 23.1. The molecule has 2 aromatic carbocycles. The zero-order chi connectivity index (χ0) is 15.4. The van der Waals surface area contributed by atoms with Crippen LogP contribution in [-0.2, 0) is 0 Å². The first-order valence-electron chi connectivity index (χ1n) is 5.78. The van der Waals surface area contributed by atoms with Crippen LogP contribution in [0, 0.1) is 7.14 Å². The Morgan fingerprint density at radius 2 is 1.76 bits per heavy atom. The van der Waals surface area contributed by atoms with E-state index in [0.29, 0.717) is 7.14 Å². The molecule has 108 valence electrons. The van der Waals surface area contributed by atoms with Crippen molar-refractivity contribution in [2.45, 2.75) is 0 Å². The van der Waals surface area contributed by atoms with Crippen LogP contribution in [0.4, 0.5) is 0 Å². The molecule has 0 aliphatic rings. The summed E-state index contributed by atoms with van der Waals surface area (Å²) >= 11 is 4.04. The molecule has 0 saturated carbocycles. The average molecular weight is 508 g/mol. The molecule has 0 unspecified atom stereocenters. The summed E-state index contributed by atoms with van der Waals surface area (Å²) < 4.78 is 1.40. The van der Waals surface area contributed by atoms with Crippen molar-refractivity contribution in [1.82, 2.24) is 5.43 Å². The van der Waals surface area contributed by atoms with Gasteiger partial charge in [-0.1, -0.05) is 12.1 Å². The number of carbonyl (C=O) groups is 1. The number of hydrogen-bond acceptors (Lipinski definition) is 4. The number of phenolic OH excluding ortho intramolecular Hbond substituents is 2. The maximum absolute atomic E-state index is 11.8. The minimum atomic E-state index is -0.493. The Balaban J connectivity index is 2.10. The number of para-hydroxylation sites is 1. The second-order valence-corrected chi connectivity index (χ2v) is 6.37. The fraction of sp³-hybridized carbons (Fsp3) is 0. The molecule has 1 amide bonds. The number of amides is 1. The van der Waals surface area contributed by atoms with Gasteiger partial charge in [-0.25, -0.2) is 5.43 Å². The number of rotatable bonds is 3. The third-order valence-corrected chi connectivity index (χ3v) is 4.21. The van der Waals surface area contributed by atoms with Gasteiger partial charge >= 0.3 is 0 Å². The minimum absolute atomic E-state index is 0.0982. The van der Waals surface area contributed by atoms with E-state index in [1.807, 2.05) is 45.2 Å². The molecule has 3 N–H and O–H groups in total.